The molecule has 0 unspecified atom stereocenters. The molecule has 0 spiro atoms. The minimum absolute atomic E-state index is 0.169. The number of nitrogens with zero attached hydrogens (tertiary/aromatic N) is 1. The van der Waals surface area contributed by atoms with Crippen LogP contribution in [0.15, 0.2) is 12.1 Å². The van der Waals surface area contributed by atoms with E-state index in [2.05, 4.69) is 11.4 Å². The number of benzene rings is 1. The average Bonchev–Trinajstić information content (AvgIpc) is 2.96. The monoisotopic (exact) mass is 378 g/mol. The van der Waals surface area contributed by atoms with Crippen LogP contribution in [0.1, 0.15) is 42.5 Å². The zero-order valence-electron chi connectivity index (χ0n) is 14.2. The van der Waals surface area contributed by atoms with Gasteiger partial charge >= 0.3 is 5.97 Å². The molecule has 1 fully saturated rings. The third-order valence-electron chi connectivity index (χ3n) is 4.42. The number of rotatable bonds is 4. The van der Waals surface area contributed by atoms with Crippen molar-refractivity contribution in [3.63, 3.8) is 0 Å². The minimum atomic E-state index is -0.845. The molecule has 8 heteroatoms. The van der Waals surface area contributed by atoms with Gasteiger partial charge in [0.1, 0.15) is 5.54 Å². The molecule has 1 aliphatic heterocycles. The Bertz CT molecular complexity index is 753. The molecular formula is C18H19ClN2O5. The van der Waals surface area contributed by atoms with Gasteiger partial charge in [-0.05, 0) is 37.8 Å². The summed E-state index contributed by atoms with van der Waals surface area (Å²) in [4.78, 5) is 24.3. The number of carbonyl (C=O) groups excluding carboxylic acids is 2. The molecule has 138 valence electrons. The van der Waals surface area contributed by atoms with Crippen LogP contribution in [-0.4, -0.2) is 37.2 Å². The van der Waals surface area contributed by atoms with Crippen LogP contribution in [0, 0.1) is 11.3 Å². The Balaban J connectivity index is 1.61. The van der Waals surface area contributed by atoms with Crippen molar-refractivity contribution in [2.24, 2.45) is 0 Å². The van der Waals surface area contributed by atoms with Gasteiger partial charge in [0, 0.05) is 6.42 Å². The van der Waals surface area contributed by atoms with Crippen LogP contribution in [0.2, 0.25) is 5.02 Å². The molecule has 3 rings (SSSR count). The summed E-state index contributed by atoms with van der Waals surface area (Å²) in [5.74, 6) is -0.422. The molecule has 0 saturated heterocycles. The maximum atomic E-state index is 12.2. The van der Waals surface area contributed by atoms with Crippen molar-refractivity contribution >= 4 is 23.5 Å². The Morgan fingerprint density at radius 3 is 2.69 bits per heavy atom. The van der Waals surface area contributed by atoms with E-state index in [-0.39, 0.29) is 10.6 Å². The fourth-order valence-corrected chi connectivity index (χ4v) is 3.37. The summed E-state index contributed by atoms with van der Waals surface area (Å²) >= 11 is 6.15. The topological polar surface area (TPSA) is 97.7 Å². The van der Waals surface area contributed by atoms with E-state index in [9.17, 15) is 14.9 Å². The van der Waals surface area contributed by atoms with E-state index in [4.69, 9.17) is 25.8 Å². The Morgan fingerprint density at radius 1 is 1.23 bits per heavy atom. The van der Waals surface area contributed by atoms with Crippen LogP contribution in [0.4, 0.5) is 0 Å². The normalized spacial score (nSPS) is 17.7. The molecule has 1 aromatic carbocycles. The van der Waals surface area contributed by atoms with Gasteiger partial charge in [-0.1, -0.05) is 11.6 Å². The molecule has 1 heterocycles. The lowest BCUT2D eigenvalue weighted by atomic mass is 10.00. The number of esters is 1. The lowest BCUT2D eigenvalue weighted by Crippen LogP contribution is -2.46. The van der Waals surface area contributed by atoms with Crippen molar-refractivity contribution in [3.8, 4) is 17.6 Å². The van der Waals surface area contributed by atoms with Gasteiger partial charge in [-0.2, -0.15) is 5.26 Å². The van der Waals surface area contributed by atoms with Crippen LogP contribution in [0.3, 0.4) is 0 Å². The average molecular weight is 379 g/mol. The van der Waals surface area contributed by atoms with Crippen LogP contribution in [0.5, 0.6) is 11.5 Å². The highest BCUT2D eigenvalue weighted by Gasteiger charge is 2.35. The van der Waals surface area contributed by atoms with E-state index in [0.29, 0.717) is 44.0 Å². The second-order valence-corrected chi connectivity index (χ2v) is 6.77. The molecule has 1 amide bonds. The molecule has 0 radical (unpaired) electrons. The van der Waals surface area contributed by atoms with E-state index in [1.165, 1.54) is 12.1 Å². The van der Waals surface area contributed by atoms with Crippen molar-refractivity contribution in [1.82, 2.24) is 5.32 Å². The van der Waals surface area contributed by atoms with E-state index in [0.717, 1.165) is 12.8 Å². The predicted molar refractivity (Wildman–Crippen MR) is 92.3 cm³/mol. The summed E-state index contributed by atoms with van der Waals surface area (Å²) in [6.07, 6.45) is 3.72. The first kappa shape index (κ1) is 18.3. The maximum Gasteiger partial charge on any atom is 0.338 e. The quantitative estimate of drug-likeness (QED) is 0.809. The fourth-order valence-electron chi connectivity index (χ4n) is 3.11. The molecule has 0 atom stereocenters. The largest absolute Gasteiger partial charge is 0.489 e. The highest BCUT2D eigenvalue weighted by atomic mass is 35.5. The van der Waals surface area contributed by atoms with Crippen molar-refractivity contribution in [1.29, 1.82) is 5.26 Å². The first-order valence-corrected chi connectivity index (χ1v) is 8.89. The molecule has 1 aromatic rings. The number of hydrogen-bond donors (Lipinski definition) is 1. The fraction of sp³-hybridized carbons (Fsp3) is 0.500. The van der Waals surface area contributed by atoms with Crippen molar-refractivity contribution in [3.05, 3.63) is 22.7 Å². The van der Waals surface area contributed by atoms with Crippen LogP contribution in [0.25, 0.3) is 0 Å². The Morgan fingerprint density at radius 2 is 1.96 bits per heavy atom. The summed E-state index contributed by atoms with van der Waals surface area (Å²) in [5.41, 5.74) is -0.676. The summed E-state index contributed by atoms with van der Waals surface area (Å²) in [6.45, 7) is 0.478. The molecule has 1 N–H and O–H groups in total. The maximum absolute atomic E-state index is 12.2. The van der Waals surface area contributed by atoms with Crippen molar-refractivity contribution < 1.29 is 23.8 Å². The Hall–Kier alpha value is -2.46. The van der Waals surface area contributed by atoms with Gasteiger partial charge in [0.15, 0.2) is 18.1 Å². The highest BCUT2D eigenvalue weighted by Crippen LogP contribution is 2.38. The van der Waals surface area contributed by atoms with Gasteiger partial charge in [-0.15, -0.1) is 0 Å². The van der Waals surface area contributed by atoms with Crippen LogP contribution in [-0.2, 0) is 9.53 Å². The van der Waals surface area contributed by atoms with E-state index >= 15 is 0 Å². The molecule has 26 heavy (non-hydrogen) atoms. The summed E-state index contributed by atoms with van der Waals surface area (Å²) in [5, 5.41) is 12.2. The summed E-state index contributed by atoms with van der Waals surface area (Å²) in [6, 6.07) is 5.06. The Kier molecular flexibility index (Phi) is 5.52. The number of ether oxygens (including phenoxy) is 3. The third kappa shape index (κ3) is 4.02. The lowest BCUT2D eigenvalue weighted by Gasteiger charge is -2.21. The van der Waals surface area contributed by atoms with Gasteiger partial charge in [0.05, 0.1) is 29.9 Å². The molecule has 7 nitrogen and oxygen atoms in total. The molecule has 1 saturated carbocycles. The third-order valence-corrected chi connectivity index (χ3v) is 4.70. The first-order chi connectivity index (χ1) is 12.5. The highest BCUT2D eigenvalue weighted by molar-refractivity contribution is 6.32. The van der Waals surface area contributed by atoms with Crippen molar-refractivity contribution in [2.45, 2.75) is 37.6 Å². The first-order valence-electron chi connectivity index (χ1n) is 8.51. The summed E-state index contributed by atoms with van der Waals surface area (Å²) < 4.78 is 16.1. The van der Waals surface area contributed by atoms with Gasteiger partial charge in [-0.3, -0.25) is 4.79 Å². The number of hydrogen-bond acceptors (Lipinski definition) is 6. The van der Waals surface area contributed by atoms with Gasteiger partial charge in [-0.25, -0.2) is 4.79 Å². The molecule has 0 aromatic heterocycles. The zero-order chi connectivity index (χ0) is 18.6. The SMILES string of the molecule is N#CC1(NC(=O)COC(=O)c2cc(Cl)c3c(c2)OCCCO3)CCCC1. The molecule has 2 aliphatic rings. The standard InChI is InChI=1S/C18H19ClN2O5/c19-13-8-12(9-14-16(13)25-7-3-6-24-14)17(23)26-10-15(22)21-18(11-20)4-1-2-5-18/h8-9H,1-7,10H2,(H,21,22). The van der Waals surface area contributed by atoms with Gasteiger partial charge < -0.3 is 19.5 Å². The second-order valence-electron chi connectivity index (χ2n) is 6.36. The smallest absolute Gasteiger partial charge is 0.338 e. The Labute approximate surface area is 156 Å². The molecular weight excluding hydrogens is 360 g/mol. The zero-order valence-corrected chi connectivity index (χ0v) is 14.9. The number of halogens is 1. The van der Waals surface area contributed by atoms with Crippen molar-refractivity contribution in [2.75, 3.05) is 19.8 Å². The minimum Gasteiger partial charge on any atom is -0.489 e. The van der Waals surface area contributed by atoms with Gasteiger partial charge in [0.25, 0.3) is 5.91 Å². The van der Waals surface area contributed by atoms with Crippen LogP contribution >= 0.6 is 11.6 Å². The van der Waals surface area contributed by atoms with E-state index < -0.39 is 24.0 Å². The molecule has 0 bridgehead atoms. The lowest BCUT2D eigenvalue weighted by molar-refractivity contribution is -0.125. The summed E-state index contributed by atoms with van der Waals surface area (Å²) in [7, 11) is 0. The molecule has 1 aliphatic carbocycles. The van der Waals surface area contributed by atoms with Crippen LogP contribution < -0.4 is 14.8 Å². The van der Waals surface area contributed by atoms with E-state index in [1.54, 1.807) is 0 Å². The number of nitriles is 1. The number of carbonyl (C=O) groups is 2. The number of amides is 1. The van der Waals surface area contributed by atoms with E-state index in [1.807, 2.05) is 0 Å². The predicted octanol–water partition coefficient (Wildman–Crippen LogP) is 2.61. The number of nitrogens with one attached hydrogen (secondary N) is 1. The number of fused-ring (bicyclic) bond motifs is 1. The second kappa shape index (κ2) is 7.83. The van der Waals surface area contributed by atoms with Gasteiger partial charge in [0.2, 0.25) is 0 Å².